The van der Waals surface area contributed by atoms with Gasteiger partial charge in [-0.05, 0) is 25.1 Å². The van der Waals surface area contributed by atoms with Crippen LogP contribution in [-0.4, -0.2) is 73.1 Å². The van der Waals surface area contributed by atoms with Crippen molar-refractivity contribution in [2.75, 3.05) is 56.2 Å². The molecule has 2 aromatic heterocycles. The van der Waals surface area contributed by atoms with Crippen molar-refractivity contribution < 1.29 is 13.9 Å². The standard InChI is InChI=1S/C23H27FN6O2/c1-15-14-30(7-9-31-15)21-3-2-16(10-18(21)24)19-11-20-22(27-5-4-26-20)23(29-19)28-13-17-12-25-6-8-32-17/h2-5,10-11,15,17,25H,6-9,12-14H2,1H3,(H,28,29). The molecule has 1 aromatic carbocycles. The highest BCUT2D eigenvalue weighted by atomic mass is 19.1. The molecule has 2 N–H and O–H groups in total. The fraction of sp³-hybridized carbons (Fsp3) is 0.435. The van der Waals surface area contributed by atoms with Crippen molar-refractivity contribution in [2.24, 2.45) is 0 Å². The van der Waals surface area contributed by atoms with Crippen LogP contribution in [0.2, 0.25) is 0 Å². The number of halogens is 1. The molecule has 2 aliphatic rings. The summed E-state index contributed by atoms with van der Waals surface area (Å²) in [5, 5.41) is 6.68. The molecule has 2 unspecified atom stereocenters. The molecule has 0 bridgehead atoms. The van der Waals surface area contributed by atoms with E-state index in [1.54, 1.807) is 12.4 Å². The number of ether oxygens (including phenoxy) is 2. The minimum absolute atomic E-state index is 0.0496. The maximum absolute atomic E-state index is 15.1. The highest BCUT2D eigenvalue weighted by molar-refractivity contribution is 5.88. The van der Waals surface area contributed by atoms with E-state index in [0.717, 1.165) is 13.1 Å². The third-order valence-corrected chi connectivity index (χ3v) is 5.78. The molecule has 0 radical (unpaired) electrons. The smallest absolute Gasteiger partial charge is 0.154 e. The van der Waals surface area contributed by atoms with E-state index in [2.05, 4.69) is 20.6 Å². The number of hydrogen-bond acceptors (Lipinski definition) is 8. The summed E-state index contributed by atoms with van der Waals surface area (Å²) in [4.78, 5) is 15.7. The van der Waals surface area contributed by atoms with Crippen molar-refractivity contribution in [1.82, 2.24) is 20.3 Å². The molecule has 2 saturated heterocycles. The normalized spacial score (nSPS) is 21.6. The minimum Gasteiger partial charge on any atom is -0.375 e. The zero-order valence-corrected chi connectivity index (χ0v) is 18.1. The van der Waals surface area contributed by atoms with Crippen LogP contribution in [0.4, 0.5) is 15.9 Å². The fourth-order valence-electron chi connectivity index (χ4n) is 4.16. The van der Waals surface area contributed by atoms with Crippen LogP contribution in [0.1, 0.15) is 6.92 Å². The molecule has 0 spiro atoms. The van der Waals surface area contributed by atoms with Crippen LogP contribution < -0.4 is 15.5 Å². The van der Waals surface area contributed by atoms with Gasteiger partial charge in [-0.3, -0.25) is 4.98 Å². The van der Waals surface area contributed by atoms with Gasteiger partial charge in [0.05, 0.1) is 42.3 Å². The molecule has 0 amide bonds. The molecule has 4 heterocycles. The van der Waals surface area contributed by atoms with Gasteiger partial charge in [0.15, 0.2) is 5.82 Å². The van der Waals surface area contributed by atoms with Crippen molar-refractivity contribution in [2.45, 2.75) is 19.1 Å². The molecule has 0 saturated carbocycles. The van der Waals surface area contributed by atoms with E-state index in [1.165, 1.54) is 6.07 Å². The Labute approximate surface area is 186 Å². The number of nitrogens with zero attached hydrogens (tertiary/aromatic N) is 4. The van der Waals surface area contributed by atoms with Crippen molar-refractivity contribution >= 4 is 22.5 Å². The molecular weight excluding hydrogens is 411 g/mol. The van der Waals surface area contributed by atoms with Crippen LogP contribution in [0.25, 0.3) is 22.3 Å². The molecule has 2 atom stereocenters. The lowest BCUT2D eigenvalue weighted by molar-refractivity contribution is 0.0372. The fourth-order valence-corrected chi connectivity index (χ4v) is 4.16. The molecular formula is C23H27FN6O2. The minimum atomic E-state index is -0.270. The van der Waals surface area contributed by atoms with Gasteiger partial charge >= 0.3 is 0 Å². The molecule has 2 aliphatic heterocycles. The first-order valence-corrected chi connectivity index (χ1v) is 11.0. The van der Waals surface area contributed by atoms with Crippen LogP contribution in [0.5, 0.6) is 0 Å². The Hall–Kier alpha value is -2.88. The molecule has 9 heteroatoms. The molecule has 2 fully saturated rings. The van der Waals surface area contributed by atoms with Crippen LogP contribution >= 0.6 is 0 Å². The summed E-state index contributed by atoms with van der Waals surface area (Å²) in [5.74, 6) is 0.347. The molecule has 0 aliphatic carbocycles. The van der Waals surface area contributed by atoms with E-state index in [0.29, 0.717) is 66.6 Å². The predicted molar refractivity (Wildman–Crippen MR) is 121 cm³/mol. The maximum Gasteiger partial charge on any atom is 0.154 e. The summed E-state index contributed by atoms with van der Waals surface area (Å²) >= 11 is 0. The first kappa shape index (κ1) is 21.0. The second-order valence-electron chi connectivity index (χ2n) is 8.15. The lowest BCUT2D eigenvalue weighted by atomic mass is 10.1. The van der Waals surface area contributed by atoms with Crippen LogP contribution in [0, 0.1) is 5.82 Å². The van der Waals surface area contributed by atoms with Gasteiger partial charge in [0.2, 0.25) is 0 Å². The van der Waals surface area contributed by atoms with Crippen LogP contribution in [0.3, 0.4) is 0 Å². The van der Waals surface area contributed by atoms with E-state index >= 15 is 4.39 Å². The monoisotopic (exact) mass is 438 g/mol. The Balaban J connectivity index is 1.43. The second-order valence-corrected chi connectivity index (χ2v) is 8.15. The van der Waals surface area contributed by atoms with E-state index in [9.17, 15) is 0 Å². The van der Waals surface area contributed by atoms with Crippen molar-refractivity contribution in [3.05, 3.63) is 42.5 Å². The topological polar surface area (TPSA) is 84.4 Å². The third kappa shape index (κ3) is 4.50. The lowest BCUT2D eigenvalue weighted by Gasteiger charge is -2.33. The van der Waals surface area contributed by atoms with Gasteiger partial charge in [-0.25, -0.2) is 14.4 Å². The first-order valence-electron chi connectivity index (χ1n) is 11.0. The van der Waals surface area contributed by atoms with Gasteiger partial charge in [-0.15, -0.1) is 0 Å². The van der Waals surface area contributed by atoms with E-state index in [4.69, 9.17) is 14.5 Å². The summed E-state index contributed by atoms with van der Waals surface area (Å²) in [6, 6.07) is 7.11. The summed E-state index contributed by atoms with van der Waals surface area (Å²) in [6.45, 7) is 6.88. The van der Waals surface area contributed by atoms with Crippen LogP contribution in [0.15, 0.2) is 36.7 Å². The zero-order valence-electron chi connectivity index (χ0n) is 18.1. The van der Waals surface area contributed by atoms with Gasteiger partial charge < -0.3 is 25.0 Å². The quantitative estimate of drug-likeness (QED) is 0.629. The number of anilines is 2. The predicted octanol–water partition coefficient (Wildman–Crippen LogP) is 2.46. The Morgan fingerprint density at radius 3 is 2.91 bits per heavy atom. The number of aromatic nitrogens is 3. The third-order valence-electron chi connectivity index (χ3n) is 5.78. The van der Waals surface area contributed by atoms with Crippen LogP contribution in [-0.2, 0) is 9.47 Å². The lowest BCUT2D eigenvalue weighted by Crippen LogP contribution is -2.42. The average molecular weight is 439 g/mol. The molecule has 168 valence electrons. The first-order chi connectivity index (χ1) is 15.7. The second kappa shape index (κ2) is 9.32. The van der Waals surface area contributed by atoms with Crippen molar-refractivity contribution in [1.29, 1.82) is 0 Å². The van der Waals surface area contributed by atoms with Gasteiger partial charge in [-0.2, -0.15) is 0 Å². The van der Waals surface area contributed by atoms with E-state index in [1.807, 2.05) is 30.0 Å². The highest BCUT2D eigenvalue weighted by Gasteiger charge is 2.21. The van der Waals surface area contributed by atoms with Crippen molar-refractivity contribution in [3.8, 4) is 11.3 Å². The van der Waals surface area contributed by atoms with Gasteiger partial charge in [0, 0.05) is 50.7 Å². The maximum atomic E-state index is 15.1. The zero-order chi connectivity index (χ0) is 21.9. The number of nitrogens with one attached hydrogen (secondary N) is 2. The highest BCUT2D eigenvalue weighted by Crippen LogP contribution is 2.30. The van der Waals surface area contributed by atoms with E-state index in [-0.39, 0.29) is 18.0 Å². The molecule has 3 aromatic rings. The largest absolute Gasteiger partial charge is 0.375 e. The summed E-state index contributed by atoms with van der Waals surface area (Å²) in [6.07, 6.45) is 3.42. The number of fused-ring (bicyclic) bond motifs is 1. The number of rotatable bonds is 5. The number of hydrogen-bond donors (Lipinski definition) is 2. The SMILES string of the molecule is CC1CN(c2ccc(-c3cc4nccnc4c(NCC4CNCCO4)n3)cc2F)CCO1. The molecule has 32 heavy (non-hydrogen) atoms. The number of pyridine rings is 1. The number of morpholine rings is 2. The molecule has 5 rings (SSSR count). The summed E-state index contributed by atoms with van der Waals surface area (Å²) in [7, 11) is 0. The number of benzene rings is 1. The van der Waals surface area contributed by atoms with Gasteiger partial charge in [0.1, 0.15) is 11.3 Å². The van der Waals surface area contributed by atoms with Gasteiger partial charge in [-0.1, -0.05) is 6.07 Å². The van der Waals surface area contributed by atoms with E-state index < -0.39 is 0 Å². The summed E-state index contributed by atoms with van der Waals surface area (Å²) in [5.41, 5.74) is 3.31. The molecule has 8 nitrogen and oxygen atoms in total. The Morgan fingerprint density at radius 2 is 2.09 bits per heavy atom. The Bertz CT molecular complexity index is 1090. The summed E-state index contributed by atoms with van der Waals surface area (Å²) < 4.78 is 26.4. The van der Waals surface area contributed by atoms with Crippen molar-refractivity contribution in [3.63, 3.8) is 0 Å². The average Bonchev–Trinajstić information content (AvgIpc) is 2.83. The van der Waals surface area contributed by atoms with Gasteiger partial charge in [0.25, 0.3) is 0 Å². The Morgan fingerprint density at radius 1 is 1.19 bits per heavy atom. The Kier molecular flexibility index (Phi) is 6.11.